The van der Waals surface area contributed by atoms with Gasteiger partial charge in [0.2, 0.25) is 0 Å². The molecule has 0 spiro atoms. The van der Waals surface area contributed by atoms with Crippen molar-refractivity contribution in [3.8, 4) is 0 Å². The van der Waals surface area contributed by atoms with Crippen LogP contribution < -0.4 is 16.2 Å². The molecular formula is C26H30F4N4O2. The number of amides is 1. The molecule has 3 aliphatic carbocycles. The molecule has 2 bridgehead atoms. The van der Waals surface area contributed by atoms with Gasteiger partial charge in [-0.2, -0.15) is 0 Å². The lowest BCUT2D eigenvalue weighted by Gasteiger charge is -2.62. The molecule has 2 heterocycles. The maximum atomic E-state index is 14.7. The Morgan fingerprint density at radius 2 is 1.89 bits per heavy atom. The number of carbonyl (C=O) groups excluding carboxylic acids is 1. The summed E-state index contributed by atoms with van der Waals surface area (Å²) >= 11 is 0. The van der Waals surface area contributed by atoms with E-state index in [4.69, 9.17) is 0 Å². The van der Waals surface area contributed by atoms with Crippen molar-refractivity contribution in [1.29, 1.82) is 0 Å². The molecule has 4 aliphatic rings. The van der Waals surface area contributed by atoms with Crippen LogP contribution in [0.5, 0.6) is 0 Å². The summed E-state index contributed by atoms with van der Waals surface area (Å²) in [6.07, 6.45) is 0.470. The Morgan fingerprint density at radius 3 is 2.50 bits per heavy atom. The highest BCUT2D eigenvalue weighted by Crippen LogP contribution is 2.61. The summed E-state index contributed by atoms with van der Waals surface area (Å²) in [6.45, 7) is 2.40. The number of pyridine rings is 1. The second-order valence-corrected chi connectivity index (χ2v) is 10.6. The van der Waals surface area contributed by atoms with Crippen molar-refractivity contribution >= 4 is 11.6 Å². The molecule has 6 nitrogen and oxygen atoms in total. The molecule has 1 amide bonds. The predicted molar refractivity (Wildman–Crippen MR) is 128 cm³/mol. The number of benzene rings is 1. The fourth-order valence-corrected chi connectivity index (χ4v) is 5.77. The van der Waals surface area contributed by atoms with Gasteiger partial charge in [0.1, 0.15) is 12.0 Å². The van der Waals surface area contributed by atoms with E-state index < -0.39 is 42.0 Å². The van der Waals surface area contributed by atoms with E-state index in [0.717, 1.165) is 25.3 Å². The molecule has 1 aromatic carbocycles. The van der Waals surface area contributed by atoms with Crippen molar-refractivity contribution in [2.75, 3.05) is 25.5 Å². The molecule has 1 aromatic heterocycles. The number of nitrogens with one attached hydrogen (secondary N) is 2. The molecule has 10 heteroatoms. The maximum Gasteiger partial charge on any atom is 0.266 e. The zero-order valence-corrected chi connectivity index (χ0v) is 20.2. The normalized spacial score (nSPS) is 28.2. The summed E-state index contributed by atoms with van der Waals surface area (Å²) in [5, 5.41) is 5.75. The minimum Gasteiger partial charge on any atom is -0.378 e. The van der Waals surface area contributed by atoms with Gasteiger partial charge in [-0.1, -0.05) is 18.2 Å². The van der Waals surface area contributed by atoms with E-state index in [1.165, 1.54) is 31.3 Å². The van der Waals surface area contributed by atoms with E-state index in [2.05, 4.69) is 10.6 Å². The number of piperidine rings is 1. The molecule has 6 rings (SSSR count). The summed E-state index contributed by atoms with van der Waals surface area (Å²) in [4.78, 5) is 28.3. The molecular weight excluding hydrogens is 476 g/mol. The average molecular weight is 507 g/mol. The zero-order chi connectivity index (χ0) is 25.8. The zero-order valence-electron chi connectivity index (χ0n) is 20.2. The van der Waals surface area contributed by atoms with Crippen LogP contribution in [0.4, 0.5) is 23.2 Å². The summed E-state index contributed by atoms with van der Waals surface area (Å²) < 4.78 is 57.4. The van der Waals surface area contributed by atoms with Crippen LogP contribution in [0.2, 0.25) is 0 Å². The van der Waals surface area contributed by atoms with Crippen LogP contribution in [0.3, 0.4) is 0 Å². The largest absolute Gasteiger partial charge is 0.378 e. The smallest absolute Gasteiger partial charge is 0.266 e. The highest BCUT2D eigenvalue weighted by Gasteiger charge is 2.58. The van der Waals surface area contributed by atoms with Gasteiger partial charge in [0.15, 0.2) is 0 Å². The quantitative estimate of drug-likeness (QED) is 0.547. The van der Waals surface area contributed by atoms with Crippen LogP contribution in [0.15, 0.2) is 35.3 Å². The molecule has 36 heavy (non-hydrogen) atoms. The second-order valence-electron chi connectivity index (χ2n) is 10.6. The van der Waals surface area contributed by atoms with Gasteiger partial charge in [-0.15, -0.1) is 0 Å². The Hall–Kier alpha value is -2.88. The lowest BCUT2D eigenvalue weighted by molar-refractivity contribution is -0.0914. The van der Waals surface area contributed by atoms with E-state index in [0.29, 0.717) is 18.9 Å². The van der Waals surface area contributed by atoms with Gasteiger partial charge in [-0.05, 0) is 45.6 Å². The lowest BCUT2D eigenvalue weighted by Crippen LogP contribution is -2.62. The topological polar surface area (TPSA) is 66.4 Å². The van der Waals surface area contributed by atoms with Gasteiger partial charge in [-0.25, -0.2) is 17.6 Å². The van der Waals surface area contributed by atoms with Crippen molar-refractivity contribution in [2.45, 2.75) is 62.8 Å². The Bertz CT molecular complexity index is 1220. The van der Waals surface area contributed by atoms with Crippen molar-refractivity contribution < 1.29 is 22.4 Å². The standard InChI is InChI=1S/C26H30F4N4O2/c1-14(16-4-3-5-17(23(16)28)24(29)30)31-25(36)18-12-34(26-9-15(10-26)11-26)22(35)8-21(18)32-20-6-7-33(2)13-19(20)27/h3-5,8,12,14-15,19-20,24,32H,6-7,9-11,13H2,1-2H3,(H,31,36)/t14?,15?,19-,20+,26?/m0/s1. The molecule has 1 aliphatic heterocycles. The van der Waals surface area contributed by atoms with Gasteiger partial charge < -0.3 is 20.1 Å². The molecule has 0 radical (unpaired) electrons. The number of carbonyl (C=O) groups is 1. The average Bonchev–Trinajstić information content (AvgIpc) is 2.75. The first-order chi connectivity index (χ1) is 17.1. The predicted octanol–water partition coefficient (Wildman–Crippen LogP) is 4.38. The number of rotatable bonds is 7. The molecule has 4 fully saturated rings. The number of aromatic nitrogens is 1. The Balaban J connectivity index is 1.45. The molecule has 1 saturated heterocycles. The SMILES string of the molecule is CC(NC(=O)c1cn(C23CC(C2)C3)c(=O)cc1N[C@@H]1CCN(C)C[C@@H]1F)c1cccc(C(F)F)c1F. The van der Waals surface area contributed by atoms with E-state index in [1.54, 1.807) is 4.57 Å². The first-order valence-electron chi connectivity index (χ1n) is 12.3. The number of halogens is 4. The fourth-order valence-electron chi connectivity index (χ4n) is 5.77. The van der Waals surface area contributed by atoms with Crippen LogP contribution in [0, 0.1) is 11.7 Å². The third kappa shape index (κ3) is 4.29. The summed E-state index contributed by atoms with van der Waals surface area (Å²) in [5.41, 5.74) is -0.991. The van der Waals surface area contributed by atoms with E-state index >= 15 is 0 Å². The van der Waals surface area contributed by atoms with Gasteiger partial charge >= 0.3 is 0 Å². The number of nitrogens with zero attached hydrogens (tertiary/aromatic N) is 2. The monoisotopic (exact) mass is 506 g/mol. The molecule has 3 saturated carbocycles. The third-order valence-corrected chi connectivity index (χ3v) is 8.01. The highest BCUT2D eigenvalue weighted by molar-refractivity contribution is 5.99. The maximum absolute atomic E-state index is 14.7. The van der Waals surface area contributed by atoms with Crippen LogP contribution in [0.1, 0.15) is 66.6 Å². The molecule has 194 valence electrons. The van der Waals surface area contributed by atoms with Gasteiger partial charge in [0, 0.05) is 36.5 Å². The summed E-state index contributed by atoms with van der Waals surface area (Å²) in [7, 11) is 1.83. The Labute approximate surface area is 206 Å². The van der Waals surface area contributed by atoms with Crippen molar-refractivity contribution in [3.05, 3.63) is 63.3 Å². The van der Waals surface area contributed by atoms with E-state index in [9.17, 15) is 27.2 Å². The number of likely N-dealkylation sites (tertiary alicyclic amines) is 1. The minimum absolute atomic E-state index is 0.0671. The van der Waals surface area contributed by atoms with Gasteiger partial charge in [-0.3, -0.25) is 9.59 Å². The van der Waals surface area contributed by atoms with Crippen LogP contribution in [-0.2, 0) is 5.54 Å². The molecule has 3 atom stereocenters. The van der Waals surface area contributed by atoms with Gasteiger partial charge in [0.05, 0.1) is 28.9 Å². The summed E-state index contributed by atoms with van der Waals surface area (Å²) in [6, 6.07) is 3.52. The van der Waals surface area contributed by atoms with Crippen molar-refractivity contribution in [3.63, 3.8) is 0 Å². The van der Waals surface area contributed by atoms with Crippen LogP contribution >= 0.6 is 0 Å². The Kier molecular flexibility index (Phi) is 6.34. The molecule has 2 aromatic rings. The van der Waals surface area contributed by atoms with Crippen molar-refractivity contribution in [1.82, 2.24) is 14.8 Å². The van der Waals surface area contributed by atoms with Crippen molar-refractivity contribution in [2.24, 2.45) is 5.92 Å². The number of alkyl halides is 3. The highest BCUT2D eigenvalue weighted by atomic mass is 19.3. The number of anilines is 1. The second kappa shape index (κ2) is 9.21. The third-order valence-electron chi connectivity index (χ3n) is 8.01. The van der Waals surface area contributed by atoms with Gasteiger partial charge in [0.25, 0.3) is 17.9 Å². The Morgan fingerprint density at radius 1 is 1.19 bits per heavy atom. The fraction of sp³-hybridized carbons (Fsp3) is 0.538. The lowest BCUT2D eigenvalue weighted by atomic mass is 9.49. The van der Waals surface area contributed by atoms with Crippen LogP contribution in [0.25, 0.3) is 0 Å². The minimum atomic E-state index is -2.98. The van der Waals surface area contributed by atoms with Crippen LogP contribution in [-0.4, -0.2) is 47.7 Å². The number of hydrogen-bond donors (Lipinski definition) is 2. The first kappa shape index (κ1) is 24.8. The van der Waals surface area contributed by atoms with E-state index in [1.807, 2.05) is 11.9 Å². The van der Waals surface area contributed by atoms with E-state index in [-0.39, 0.29) is 34.5 Å². The molecule has 1 unspecified atom stereocenters. The molecule has 2 N–H and O–H groups in total. The summed E-state index contributed by atoms with van der Waals surface area (Å²) in [5.74, 6) is -1.07. The number of hydrogen-bond acceptors (Lipinski definition) is 4. The first-order valence-corrected chi connectivity index (χ1v) is 12.3.